The van der Waals surface area contributed by atoms with Gasteiger partial charge in [-0.3, -0.25) is 10.1 Å². The van der Waals surface area contributed by atoms with Gasteiger partial charge in [0.15, 0.2) is 0 Å². The number of halogens is 1. The van der Waals surface area contributed by atoms with E-state index in [-0.39, 0.29) is 5.91 Å². The van der Waals surface area contributed by atoms with Crippen LogP contribution in [-0.2, 0) is 11.2 Å². The van der Waals surface area contributed by atoms with E-state index >= 15 is 0 Å². The Morgan fingerprint density at radius 3 is 3.05 bits per heavy atom. The Kier molecular flexibility index (Phi) is 4.35. The summed E-state index contributed by atoms with van der Waals surface area (Å²) in [6, 6.07) is 5.63. The molecule has 5 nitrogen and oxygen atoms in total. The van der Waals surface area contributed by atoms with Crippen molar-refractivity contribution in [3.63, 3.8) is 0 Å². The Balaban J connectivity index is 1.85. The van der Waals surface area contributed by atoms with Crippen LogP contribution in [0.2, 0.25) is 0 Å². The predicted octanol–water partition coefficient (Wildman–Crippen LogP) is 3.79. The van der Waals surface area contributed by atoms with Gasteiger partial charge in [0, 0.05) is 15.6 Å². The van der Waals surface area contributed by atoms with Gasteiger partial charge in [0.1, 0.15) is 10.8 Å². The molecular weight excluding hydrogens is 366 g/mol. The van der Waals surface area contributed by atoms with Gasteiger partial charge in [0.2, 0.25) is 5.13 Å². The average molecular weight is 378 g/mol. The lowest BCUT2D eigenvalue weighted by Crippen LogP contribution is -2.12. The van der Waals surface area contributed by atoms with Crippen LogP contribution in [-0.4, -0.2) is 16.1 Å². The van der Waals surface area contributed by atoms with Crippen LogP contribution >= 0.6 is 27.3 Å². The van der Waals surface area contributed by atoms with E-state index in [1.807, 2.05) is 25.1 Å². The van der Waals surface area contributed by atoms with Gasteiger partial charge in [0.25, 0.3) is 5.91 Å². The summed E-state index contributed by atoms with van der Waals surface area (Å²) in [5.41, 5.74) is 1.32. The lowest BCUT2D eigenvalue weighted by Gasteiger charge is -2.04. The normalized spacial score (nSPS) is 12.9. The number of ether oxygens (including phenoxy) is 1. The van der Waals surface area contributed by atoms with Gasteiger partial charge in [-0.2, -0.15) is 0 Å². The quantitative estimate of drug-likeness (QED) is 0.883. The smallest absolute Gasteiger partial charge is 0.257 e. The molecule has 0 atom stereocenters. The summed E-state index contributed by atoms with van der Waals surface area (Å²) in [6.07, 6.45) is 5.71. The number of amides is 1. The van der Waals surface area contributed by atoms with Crippen molar-refractivity contribution in [1.82, 2.24) is 10.2 Å². The van der Waals surface area contributed by atoms with Crippen LogP contribution in [0, 0.1) is 0 Å². The van der Waals surface area contributed by atoms with E-state index in [4.69, 9.17) is 4.74 Å². The minimum atomic E-state index is -0.244. The predicted molar refractivity (Wildman–Crippen MR) is 89.8 cm³/mol. The first-order valence-corrected chi connectivity index (χ1v) is 8.25. The molecule has 0 unspecified atom stereocenters. The van der Waals surface area contributed by atoms with Crippen molar-refractivity contribution in [3.8, 4) is 5.75 Å². The number of rotatable bonds is 3. The van der Waals surface area contributed by atoms with E-state index in [1.165, 1.54) is 17.6 Å². The molecule has 0 bridgehead atoms. The molecule has 0 aliphatic carbocycles. The second-order valence-corrected chi connectivity index (χ2v) is 6.49. The summed E-state index contributed by atoms with van der Waals surface area (Å²) in [5.74, 6) is 0.456. The van der Waals surface area contributed by atoms with Gasteiger partial charge < -0.3 is 4.74 Å². The van der Waals surface area contributed by atoms with Crippen molar-refractivity contribution in [3.05, 3.63) is 51.2 Å². The van der Waals surface area contributed by atoms with E-state index in [1.54, 1.807) is 12.2 Å². The highest BCUT2D eigenvalue weighted by Crippen LogP contribution is 2.28. The molecule has 1 amide bonds. The second-order valence-electron chi connectivity index (χ2n) is 4.51. The third-order valence-electron chi connectivity index (χ3n) is 2.98. The number of nitrogens with one attached hydrogen (secondary N) is 1. The summed E-state index contributed by atoms with van der Waals surface area (Å²) in [4.78, 5) is 12.4. The maximum absolute atomic E-state index is 12.4. The summed E-state index contributed by atoms with van der Waals surface area (Å²) in [5, 5.41) is 12.1. The SMILES string of the molecule is CCc1nnc(NC(=O)C2=Cc3cc(Br)ccc3OC=C2)s1. The van der Waals surface area contributed by atoms with E-state index in [9.17, 15) is 4.79 Å². The van der Waals surface area contributed by atoms with Gasteiger partial charge in [-0.15, -0.1) is 10.2 Å². The van der Waals surface area contributed by atoms with Gasteiger partial charge in [0.05, 0.1) is 6.26 Å². The highest BCUT2D eigenvalue weighted by Gasteiger charge is 2.14. The van der Waals surface area contributed by atoms with Crippen molar-refractivity contribution in [1.29, 1.82) is 0 Å². The molecular formula is C15H12BrN3O2S. The van der Waals surface area contributed by atoms with Gasteiger partial charge in [-0.25, -0.2) is 0 Å². The van der Waals surface area contributed by atoms with Crippen LogP contribution in [0.4, 0.5) is 5.13 Å². The number of nitrogens with zero attached hydrogens (tertiary/aromatic N) is 2. The molecule has 2 aromatic rings. The first-order valence-electron chi connectivity index (χ1n) is 6.64. The van der Waals surface area contributed by atoms with Crippen molar-refractivity contribution in [2.24, 2.45) is 0 Å². The maximum Gasteiger partial charge on any atom is 0.257 e. The van der Waals surface area contributed by atoms with E-state index in [0.717, 1.165) is 21.5 Å². The zero-order valence-corrected chi connectivity index (χ0v) is 14.1. The summed E-state index contributed by atoms with van der Waals surface area (Å²) >= 11 is 4.79. The molecule has 0 spiro atoms. The summed E-state index contributed by atoms with van der Waals surface area (Å²) in [6.45, 7) is 1.99. The highest BCUT2D eigenvalue weighted by atomic mass is 79.9. The standard InChI is InChI=1S/C15H12BrN3O2S/c1-2-13-18-19-15(22-13)17-14(20)9-5-6-21-12-4-3-11(16)8-10(12)7-9/h3-8H,2H2,1H3,(H,17,19,20). The molecule has 0 saturated heterocycles. The van der Waals surface area contributed by atoms with Gasteiger partial charge in [-0.05, 0) is 36.8 Å². The number of hydrogen-bond acceptors (Lipinski definition) is 5. The number of carbonyl (C=O) groups excluding carboxylic acids is 1. The number of anilines is 1. The number of hydrogen-bond donors (Lipinski definition) is 1. The van der Waals surface area contributed by atoms with Crippen LogP contribution in [0.1, 0.15) is 17.5 Å². The van der Waals surface area contributed by atoms with Crippen molar-refractivity contribution in [2.45, 2.75) is 13.3 Å². The Labute approximate surface area is 139 Å². The number of carbonyl (C=O) groups is 1. The Morgan fingerprint density at radius 2 is 2.27 bits per heavy atom. The Morgan fingerprint density at radius 1 is 1.41 bits per heavy atom. The minimum absolute atomic E-state index is 0.244. The lowest BCUT2D eigenvalue weighted by molar-refractivity contribution is -0.112. The first-order chi connectivity index (χ1) is 10.7. The molecule has 1 aliphatic rings. The fraction of sp³-hybridized carbons (Fsp3) is 0.133. The second kappa shape index (κ2) is 6.41. The molecule has 112 valence electrons. The van der Waals surface area contributed by atoms with E-state index in [2.05, 4.69) is 31.4 Å². The van der Waals surface area contributed by atoms with Gasteiger partial charge in [-0.1, -0.05) is 34.2 Å². The number of aryl methyl sites for hydroxylation is 1. The van der Waals surface area contributed by atoms with Crippen molar-refractivity contribution in [2.75, 3.05) is 5.32 Å². The van der Waals surface area contributed by atoms with Crippen LogP contribution in [0.15, 0.2) is 40.6 Å². The van der Waals surface area contributed by atoms with Crippen molar-refractivity contribution >= 4 is 44.4 Å². The molecule has 0 radical (unpaired) electrons. The molecule has 1 aliphatic heterocycles. The lowest BCUT2D eigenvalue weighted by atomic mass is 10.1. The highest BCUT2D eigenvalue weighted by molar-refractivity contribution is 9.10. The van der Waals surface area contributed by atoms with Crippen LogP contribution in [0.3, 0.4) is 0 Å². The van der Waals surface area contributed by atoms with E-state index in [0.29, 0.717) is 16.5 Å². The van der Waals surface area contributed by atoms with E-state index < -0.39 is 0 Å². The third kappa shape index (κ3) is 3.26. The molecule has 2 heterocycles. The molecule has 22 heavy (non-hydrogen) atoms. The number of fused-ring (bicyclic) bond motifs is 1. The fourth-order valence-corrected chi connectivity index (χ4v) is 2.95. The number of benzene rings is 1. The van der Waals surface area contributed by atoms with Crippen molar-refractivity contribution < 1.29 is 9.53 Å². The Hall–Kier alpha value is -1.99. The number of aromatic nitrogens is 2. The van der Waals surface area contributed by atoms with Crippen LogP contribution in [0.25, 0.3) is 6.08 Å². The third-order valence-corrected chi connectivity index (χ3v) is 4.45. The summed E-state index contributed by atoms with van der Waals surface area (Å²) in [7, 11) is 0. The van der Waals surface area contributed by atoms with Crippen LogP contribution in [0.5, 0.6) is 5.75 Å². The monoisotopic (exact) mass is 377 g/mol. The molecule has 1 N–H and O–H groups in total. The van der Waals surface area contributed by atoms with Crippen LogP contribution < -0.4 is 10.1 Å². The average Bonchev–Trinajstić information content (AvgIpc) is 2.85. The molecule has 3 rings (SSSR count). The molecule has 0 saturated carbocycles. The minimum Gasteiger partial charge on any atom is -0.464 e. The zero-order chi connectivity index (χ0) is 15.5. The molecule has 7 heteroatoms. The topological polar surface area (TPSA) is 64.1 Å². The molecule has 1 aromatic carbocycles. The Bertz CT molecular complexity index is 783. The first kappa shape index (κ1) is 14.9. The maximum atomic E-state index is 12.4. The molecule has 0 fully saturated rings. The molecule has 1 aromatic heterocycles. The van der Waals surface area contributed by atoms with Gasteiger partial charge >= 0.3 is 0 Å². The largest absolute Gasteiger partial charge is 0.464 e. The fourth-order valence-electron chi connectivity index (χ4n) is 1.89. The zero-order valence-electron chi connectivity index (χ0n) is 11.7. The summed E-state index contributed by atoms with van der Waals surface area (Å²) < 4.78 is 6.42.